The molecule has 1 N–H and O–H groups in total. The summed E-state index contributed by atoms with van der Waals surface area (Å²) in [6.07, 6.45) is 3.35. The first-order valence-corrected chi connectivity index (χ1v) is 6.04. The van der Waals surface area contributed by atoms with E-state index >= 15 is 0 Å². The topological polar surface area (TPSA) is 41.5 Å². The van der Waals surface area contributed by atoms with Crippen LogP contribution in [0.5, 0.6) is 0 Å². The number of carbonyl (C=O) groups is 1. The van der Waals surface area contributed by atoms with E-state index in [2.05, 4.69) is 10.3 Å². The van der Waals surface area contributed by atoms with E-state index in [9.17, 15) is 4.79 Å². The zero-order chi connectivity index (χ0) is 13.1. The molecular weight excluding hydrogens is 236 g/mol. The lowest BCUT2D eigenvalue weighted by Gasteiger charge is -2.12. The van der Waals surface area contributed by atoms with Crippen LogP contribution in [0.4, 0.5) is 5.69 Å². The van der Waals surface area contributed by atoms with Gasteiger partial charge in [0.25, 0.3) is 5.91 Å². The van der Waals surface area contributed by atoms with E-state index in [-0.39, 0.29) is 5.91 Å². The van der Waals surface area contributed by atoms with Gasteiger partial charge in [-0.25, -0.2) is 0 Å². The van der Waals surface area contributed by atoms with Crippen molar-refractivity contribution >= 4 is 23.4 Å². The minimum Gasteiger partial charge on any atom is -0.321 e. The molecule has 19 heavy (non-hydrogen) atoms. The first-order chi connectivity index (χ1) is 9.34. The molecule has 92 valence electrons. The van der Waals surface area contributed by atoms with Gasteiger partial charge in [0.05, 0.1) is 5.57 Å². The summed E-state index contributed by atoms with van der Waals surface area (Å²) in [5.74, 6) is -0.143. The van der Waals surface area contributed by atoms with Crippen molar-refractivity contribution < 1.29 is 4.79 Å². The number of hydrogen-bond donors (Lipinski definition) is 1. The number of carbonyl (C=O) groups excluding carboxylic acids is 1. The lowest BCUT2D eigenvalue weighted by molar-refractivity contribution is -0.111. The van der Waals surface area contributed by atoms with Crippen molar-refractivity contribution in [2.45, 2.75) is 0 Å². The third-order valence-electron chi connectivity index (χ3n) is 2.96. The predicted molar refractivity (Wildman–Crippen MR) is 77.1 cm³/mol. The second kappa shape index (κ2) is 4.90. The molecule has 1 amide bonds. The first kappa shape index (κ1) is 11.4. The molecule has 0 spiro atoms. The molecule has 0 fully saturated rings. The summed E-state index contributed by atoms with van der Waals surface area (Å²) in [6.45, 7) is 0. The van der Waals surface area contributed by atoms with E-state index in [0.29, 0.717) is 5.57 Å². The number of fused-ring (bicyclic) bond motifs is 1. The number of anilines is 1. The standard InChI is InChI=1S/C16H12N2O/c19-16-14(12-6-2-1-3-7-12)11-17-10-13-8-4-5-9-15(13)18-16/h1-11H,(H,18,19). The largest absolute Gasteiger partial charge is 0.321 e. The van der Waals surface area contributed by atoms with Crippen LogP contribution in [0.15, 0.2) is 65.8 Å². The van der Waals surface area contributed by atoms with Crippen molar-refractivity contribution in [2.24, 2.45) is 4.99 Å². The Kier molecular flexibility index (Phi) is 2.94. The molecule has 0 aliphatic carbocycles. The normalized spacial score (nSPS) is 13.9. The lowest BCUT2D eigenvalue weighted by atomic mass is 10.1. The molecule has 0 radical (unpaired) electrons. The number of benzene rings is 2. The summed E-state index contributed by atoms with van der Waals surface area (Å²) in [6, 6.07) is 17.1. The Morgan fingerprint density at radius 2 is 1.63 bits per heavy atom. The Morgan fingerprint density at radius 1 is 0.895 bits per heavy atom. The van der Waals surface area contributed by atoms with Gasteiger partial charge in [-0.15, -0.1) is 0 Å². The number of aliphatic imine (C=N–C) groups is 1. The smallest absolute Gasteiger partial charge is 0.257 e. The fourth-order valence-electron chi connectivity index (χ4n) is 1.99. The van der Waals surface area contributed by atoms with E-state index in [4.69, 9.17) is 0 Å². The Hall–Kier alpha value is -2.68. The van der Waals surface area contributed by atoms with Gasteiger partial charge in [0.1, 0.15) is 0 Å². The number of rotatable bonds is 1. The van der Waals surface area contributed by atoms with Gasteiger partial charge in [0.2, 0.25) is 0 Å². The van der Waals surface area contributed by atoms with Crippen LogP contribution in [0.25, 0.3) is 5.57 Å². The highest BCUT2D eigenvalue weighted by Crippen LogP contribution is 2.21. The molecule has 3 rings (SSSR count). The second-order valence-electron chi connectivity index (χ2n) is 4.23. The molecule has 0 atom stereocenters. The van der Waals surface area contributed by atoms with Crippen LogP contribution >= 0.6 is 0 Å². The summed E-state index contributed by atoms with van der Waals surface area (Å²) in [5, 5.41) is 2.91. The molecule has 1 aliphatic rings. The van der Waals surface area contributed by atoms with Gasteiger partial charge in [-0.05, 0) is 11.6 Å². The van der Waals surface area contributed by atoms with Crippen LogP contribution < -0.4 is 5.32 Å². The average molecular weight is 248 g/mol. The van der Waals surface area contributed by atoms with Gasteiger partial charge >= 0.3 is 0 Å². The molecular formula is C16H12N2O. The Labute approximate surface area is 111 Å². The highest BCUT2D eigenvalue weighted by molar-refractivity contribution is 6.26. The molecule has 0 saturated carbocycles. The molecule has 2 aromatic carbocycles. The number of hydrogen-bond acceptors (Lipinski definition) is 2. The van der Waals surface area contributed by atoms with Crippen molar-refractivity contribution in [1.29, 1.82) is 0 Å². The molecule has 0 aromatic heterocycles. The minimum atomic E-state index is -0.143. The molecule has 3 heteroatoms. The Balaban J connectivity index is 2.04. The number of nitrogens with zero attached hydrogens (tertiary/aromatic N) is 1. The van der Waals surface area contributed by atoms with Gasteiger partial charge in [-0.3, -0.25) is 9.79 Å². The molecule has 0 unspecified atom stereocenters. The highest BCUT2D eigenvalue weighted by Gasteiger charge is 2.14. The van der Waals surface area contributed by atoms with Crippen LogP contribution in [-0.4, -0.2) is 12.1 Å². The van der Waals surface area contributed by atoms with Gasteiger partial charge in [-0.1, -0.05) is 48.5 Å². The Bertz CT molecular complexity index is 672. The number of nitrogens with one attached hydrogen (secondary N) is 1. The second-order valence-corrected chi connectivity index (χ2v) is 4.23. The van der Waals surface area contributed by atoms with Crippen molar-refractivity contribution in [1.82, 2.24) is 0 Å². The van der Waals surface area contributed by atoms with Crippen LogP contribution in [0, 0.1) is 0 Å². The maximum atomic E-state index is 12.3. The summed E-state index contributed by atoms with van der Waals surface area (Å²) in [4.78, 5) is 16.5. The van der Waals surface area contributed by atoms with Crippen molar-refractivity contribution in [3.8, 4) is 0 Å². The van der Waals surface area contributed by atoms with Crippen molar-refractivity contribution in [2.75, 3.05) is 5.32 Å². The fraction of sp³-hybridized carbons (Fsp3) is 0. The maximum Gasteiger partial charge on any atom is 0.257 e. The molecule has 3 nitrogen and oxygen atoms in total. The van der Waals surface area contributed by atoms with E-state index in [1.165, 1.54) is 0 Å². The quantitative estimate of drug-likeness (QED) is 0.827. The molecule has 0 saturated heterocycles. The Morgan fingerprint density at radius 3 is 2.47 bits per heavy atom. The lowest BCUT2D eigenvalue weighted by Crippen LogP contribution is -2.15. The third kappa shape index (κ3) is 2.31. The summed E-state index contributed by atoms with van der Waals surface area (Å²) < 4.78 is 0. The average Bonchev–Trinajstić information content (AvgIpc) is 2.44. The predicted octanol–water partition coefficient (Wildman–Crippen LogP) is 3.10. The van der Waals surface area contributed by atoms with E-state index in [1.807, 2.05) is 54.6 Å². The van der Waals surface area contributed by atoms with Crippen LogP contribution in [-0.2, 0) is 4.79 Å². The zero-order valence-corrected chi connectivity index (χ0v) is 10.2. The van der Waals surface area contributed by atoms with Crippen LogP contribution in [0.1, 0.15) is 11.1 Å². The van der Waals surface area contributed by atoms with Crippen LogP contribution in [0.2, 0.25) is 0 Å². The minimum absolute atomic E-state index is 0.143. The van der Waals surface area contributed by atoms with E-state index < -0.39 is 0 Å². The monoisotopic (exact) mass is 248 g/mol. The van der Waals surface area contributed by atoms with Gasteiger partial charge in [0.15, 0.2) is 0 Å². The van der Waals surface area contributed by atoms with E-state index in [0.717, 1.165) is 16.8 Å². The summed E-state index contributed by atoms with van der Waals surface area (Å²) >= 11 is 0. The molecule has 1 heterocycles. The van der Waals surface area contributed by atoms with Gasteiger partial charge in [-0.2, -0.15) is 0 Å². The third-order valence-corrected chi connectivity index (χ3v) is 2.96. The number of amides is 1. The first-order valence-electron chi connectivity index (χ1n) is 6.04. The SMILES string of the molecule is O=C1Nc2ccccc2C=NC=C1c1ccccc1. The van der Waals surface area contributed by atoms with Crippen LogP contribution in [0.3, 0.4) is 0 Å². The molecule has 0 bridgehead atoms. The van der Waals surface area contributed by atoms with Crippen molar-refractivity contribution in [3.63, 3.8) is 0 Å². The molecule has 2 aromatic rings. The fourth-order valence-corrected chi connectivity index (χ4v) is 1.99. The van der Waals surface area contributed by atoms with Crippen molar-refractivity contribution in [3.05, 3.63) is 71.9 Å². The maximum absolute atomic E-state index is 12.3. The van der Waals surface area contributed by atoms with Gasteiger partial charge < -0.3 is 5.32 Å². The summed E-state index contributed by atoms with van der Waals surface area (Å²) in [5.41, 5.74) is 3.10. The highest BCUT2D eigenvalue weighted by atomic mass is 16.1. The van der Waals surface area contributed by atoms with E-state index in [1.54, 1.807) is 12.4 Å². The molecule has 1 aliphatic heterocycles. The zero-order valence-electron chi connectivity index (χ0n) is 10.2. The van der Waals surface area contributed by atoms with Gasteiger partial charge in [0, 0.05) is 23.7 Å². The number of para-hydroxylation sites is 1. The summed E-state index contributed by atoms with van der Waals surface area (Å²) in [7, 11) is 0.